The normalized spacial score (nSPS) is 12.6. The van der Waals surface area contributed by atoms with Gasteiger partial charge in [0.15, 0.2) is 0 Å². The lowest BCUT2D eigenvalue weighted by Gasteiger charge is -2.03. The van der Waals surface area contributed by atoms with Crippen LogP contribution in [0.25, 0.3) is 0 Å². The van der Waals surface area contributed by atoms with Gasteiger partial charge in [-0.2, -0.15) is 0 Å². The highest BCUT2D eigenvalue weighted by molar-refractivity contribution is 7.09. The molecule has 1 aromatic carbocycles. The number of benzene rings is 1. The molecule has 0 fully saturated rings. The predicted molar refractivity (Wildman–Crippen MR) is 74.8 cm³/mol. The summed E-state index contributed by atoms with van der Waals surface area (Å²) < 4.78 is 0. The summed E-state index contributed by atoms with van der Waals surface area (Å²) in [4.78, 5) is 4.72. The lowest BCUT2D eigenvalue weighted by Crippen LogP contribution is -1.93. The summed E-state index contributed by atoms with van der Waals surface area (Å²) in [6.07, 6.45) is 2.12. The van der Waals surface area contributed by atoms with Crippen LogP contribution >= 0.6 is 11.3 Å². The summed E-state index contributed by atoms with van der Waals surface area (Å²) in [6.45, 7) is 6.59. The van der Waals surface area contributed by atoms with Gasteiger partial charge in [0.1, 0.15) is 0 Å². The molecular formula is C15H19NS. The van der Waals surface area contributed by atoms with Crippen molar-refractivity contribution in [3.05, 3.63) is 51.5 Å². The van der Waals surface area contributed by atoms with Gasteiger partial charge in [-0.3, -0.25) is 0 Å². The van der Waals surface area contributed by atoms with E-state index in [-0.39, 0.29) is 0 Å². The highest BCUT2D eigenvalue weighted by Gasteiger charge is 2.08. The molecule has 0 bridgehead atoms. The van der Waals surface area contributed by atoms with Crippen LogP contribution in [0.2, 0.25) is 0 Å². The molecule has 2 aromatic rings. The molecule has 0 aliphatic carbocycles. The van der Waals surface area contributed by atoms with Crippen LogP contribution < -0.4 is 0 Å². The summed E-state index contributed by atoms with van der Waals surface area (Å²) in [7, 11) is 0. The molecule has 1 unspecified atom stereocenters. The molecule has 2 heteroatoms. The highest BCUT2D eigenvalue weighted by Crippen LogP contribution is 2.22. The molecule has 1 atom stereocenters. The topological polar surface area (TPSA) is 12.9 Å². The lowest BCUT2D eigenvalue weighted by atomic mass is 10.1. The maximum Gasteiger partial charge on any atom is 0.0972 e. The molecule has 0 spiro atoms. The third-order valence-electron chi connectivity index (χ3n) is 3.12. The van der Waals surface area contributed by atoms with Crippen LogP contribution in [0.4, 0.5) is 0 Å². The molecule has 0 N–H and O–H groups in total. The van der Waals surface area contributed by atoms with Crippen molar-refractivity contribution < 1.29 is 0 Å². The van der Waals surface area contributed by atoms with Crippen molar-refractivity contribution in [1.82, 2.24) is 4.98 Å². The minimum Gasteiger partial charge on any atom is -0.246 e. The maximum absolute atomic E-state index is 4.72. The zero-order valence-electron chi connectivity index (χ0n) is 10.7. The van der Waals surface area contributed by atoms with Crippen LogP contribution in [0.3, 0.4) is 0 Å². The molecule has 17 heavy (non-hydrogen) atoms. The van der Waals surface area contributed by atoms with Gasteiger partial charge in [0.2, 0.25) is 0 Å². The molecule has 1 nitrogen and oxygen atoms in total. The van der Waals surface area contributed by atoms with Gasteiger partial charge in [0.05, 0.1) is 10.7 Å². The van der Waals surface area contributed by atoms with Gasteiger partial charge < -0.3 is 0 Å². The van der Waals surface area contributed by atoms with Crippen LogP contribution in [0.15, 0.2) is 29.6 Å². The van der Waals surface area contributed by atoms with Crippen molar-refractivity contribution in [3.63, 3.8) is 0 Å². The Morgan fingerprint density at radius 3 is 2.88 bits per heavy atom. The summed E-state index contributed by atoms with van der Waals surface area (Å²) >= 11 is 1.78. The van der Waals surface area contributed by atoms with Gasteiger partial charge in [0.25, 0.3) is 0 Å². The van der Waals surface area contributed by atoms with E-state index in [1.54, 1.807) is 11.3 Å². The van der Waals surface area contributed by atoms with Crippen molar-refractivity contribution >= 4 is 11.3 Å². The largest absolute Gasteiger partial charge is 0.246 e. The Kier molecular flexibility index (Phi) is 3.95. The first-order valence-electron chi connectivity index (χ1n) is 6.19. The Bertz CT molecular complexity index is 487. The zero-order valence-corrected chi connectivity index (χ0v) is 11.6. The Hall–Kier alpha value is -1.15. The first-order valence-corrected chi connectivity index (χ1v) is 7.07. The predicted octanol–water partition coefficient (Wildman–Crippen LogP) is 4.56. The standard InChI is InChI=1S/C15H19NS/c1-4-12(3)14-10-17-15(16-14)9-13-7-5-6-11(2)8-13/h5-8,10,12H,4,9H2,1-3H3. The summed E-state index contributed by atoms with van der Waals surface area (Å²) in [5.74, 6) is 0.581. The SMILES string of the molecule is CCC(C)c1csc(Cc2cccc(C)c2)n1. The van der Waals surface area contributed by atoms with E-state index in [1.165, 1.54) is 21.8 Å². The van der Waals surface area contributed by atoms with Gasteiger partial charge in [-0.1, -0.05) is 43.7 Å². The fraction of sp³-hybridized carbons (Fsp3) is 0.400. The summed E-state index contributed by atoms with van der Waals surface area (Å²) in [5, 5.41) is 3.44. The highest BCUT2D eigenvalue weighted by atomic mass is 32.1. The third kappa shape index (κ3) is 3.16. The maximum atomic E-state index is 4.72. The molecule has 1 heterocycles. The van der Waals surface area contributed by atoms with Gasteiger partial charge in [-0.05, 0) is 24.8 Å². The Balaban J connectivity index is 2.11. The van der Waals surface area contributed by atoms with Crippen LogP contribution in [0.5, 0.6) is 0 Å². The molecule has 1 aromatic heterocycles. The Labute approximate surface area is 108 Å². The number of hydrogen-bond donors (Lipinski definition) is 0. The average molecular weight is 245 g/mol. The van der Waals surface area contributed by atoms with Crippen molar-refractivity contribution in [3.8, 4) is 0 Å². The monoisotopic (exact) mass is 245 g/mol. The van der Waals surface area contributed by atoms with Crippen LogP contribution in [0, 0.1) is 6.92 Å². The van der Waals surface area contributed by atoms with E-state index in [2.05, 4.69) is 50.4 Å². The molecule has 90 valence electrons. The number of aryl methyl sites for hydroxylation is 1. The Morgan fingerprint density at radius 1 is 1.35 bits per heavy atom. The van der Waals surface area contributed by atoms with Crippen molar-refractivity contribution in [1.29, 1.82) is 0 Å². The van der Waals surface area contributed by atoms with Crippen LogP contribution in [-0.2, 0) is 6.42 Å². The average Bonchev–Trinajstić information content (AvgIpc) is 2.76. The number of thiazole rings is 1. The first kappa shape index (κ1) is 12.3. The van der Waals surface area contributed by atoms with Crippen LogP contribution in [0.1, 0.15) is 48.0 Å². The van der Waals surface area contributed by atoms with Gasteiger partial charge in [0, 0.05) is 11.8 Å². The fourth-order valence-electron chi connectivity index (χ4n) is 1.84. The second-order valence-electron chi connectivity index (χ2n) is 4.64. The molecular weight excluding hydrogens is 226 g/mol. The second kappa shape index (κ2) is 5.46. The van der Waals surface area contributed by atoms with E-state index in [4.69, 9.17) is 4.98 Å². The molecule has 0 radical (unpaired) electrons. The van der Waals surface area contributed by atoms with E-state index >= 15 is 0 Å². The smallest absolute Gasteiger partial charge is 0.0972 e. The van der Waals surface area contributed by atoms with Crippen molar-refractivity contribution in [2.24, 2.45) is 0 Å². The Morgan fingerprint density at radius 2 is 2.18 bits per heavy atom. The molecule has 0 saturated carbocycles. The molecule has 2 rings (SSSR count). The number of hydrogen-bond acceptors (Lipinski definition) is 2. The lowest BCUT2D eigenvalue weighted by molar-refractivity contribution is 0.710. The fourth-order valence-corrected chi connectivity index (χ4v) is 2.79. The molecule has 0 saturated heterocycles. The van der Waals surface area contributed by atoms with E-state index in [0.29, 0.717) is 5.92 Å². The quantitative estimate of drug-likeness (QED) is 0.769. The first-order chi connectivity index (χ1) is 8.19. The van der Waals surface area contributed by atoms with Crippen LogP contribution in [-0.4, -0.2) is 4.98 Å². The van der Waals surface area contributed by atoms with Gasteiger partial charge >= 0.3 is 0 Å². The summed E-state index contributed by atoms with van der Waals surface area (Å²) in [5.41, 5.74) is 3.93. The second-order valence-corrected chi connectivity index (χ2v) is 5.58. The third-order valence-corrected chi connectivity index (χ3v) is 3.99. The van der Waals surface area contributed by atoms with E-state index in [1.807, 2.05) is 0 Å². The molecule has 0 amide bonds. The van der Waals surface area contributed by atoms with Crippen molar-refractivity contribution in [2.75, 3.05) is 0 Å². The minimum atomic E-state index is 0.581. The molecule has 0 aliphatic rings. The van der Waals surface area contributed by atoms with Gasteiger partial charge in [-0.25, -0.2) is 4.98 Å². The number of nitrogens with zero attached hydrogens (tertiary/aromatic N) is 1. The zero-order chi connectivity index (χ0) is 12.3. The van der Waals surface area contributed by atoms with E-state index in [0.717, 1.165) is 12.8 Å². The van der Waals surface area contributed by atoms with E-state index < -0.39 is 0 Å². The molecule has 0 aliphatic heterocycles. The number of rotatable bonds is 4. The summed E-state index contributed by atoms with van der Waals surface area (Å²) in [6, 6.07) is 8.67. The number of aromatic nitrogens is 1. The van der Waals surface area contributed by atoms with Crippen molar-refractivity contribution in [2.45, 2.75) is 39.5 Å². The van der Waals surface area contributed by atoms with Gasteiger partial charge in [-0.15, -0.1) is 11.3 Å². The minimum absolute atomic E-state index is 0.581. The van der Waals surface area contributed by atoms with E-state index in [9.17, 15) is 0 Å².